The molecule has 1 unspecified atom stereocenters. The third kappa shape index (κ3) is 11.8. The molecule has 0 bridgehead atoms. The molecule has 3 N–H and O–H groups in total. The molecule has 34 heavy (non-hydrogen) atoms. The van der Waals surface area contributed by atoms with E-state index in [1.807, 2.05) is 0 Å². The van der Waals surface area contributed by atoms with E-state index in [0.29, 0.717) is 6.42 Å². The van der Waals surface area contributed by atoms with Crippen molar-refractivity contribution < 1.29 is 29.6 Å². The lowest BCUT2D eigenvalue weighted by molar-refractivity contribution is -0.147. The number of phenolic OH excluding ortho intramolecular Hbond substituents is 3. The number of rotatable bonds is 20. The smallest absolute Gasteiger partial charge is 0.321 e. The topological polar surface area (TPSA) is 104 Å². The Balaban J connectivity index is 2.25. The van der Waals surface area contributed by atoms with Gasteiger partial charge in [0.25, 0.3) is 0 Å². The molecule has 0 spiro atoms. The number of unbranched alkanes of at least 4 members (excludes halogenated alkanes) is 14. The van der Waals surface area contributed by atoms with Gasteiger partial charge >= 0.3 is 5.97 Å². The summed E-state index contributed by atoms with van der Waals surface area (Å²) in [5, 5.41) is 29.1. The van der Waals surface area contributed by atoms with Crippen molar-refractivity contribution in [1.29, 1.82) is 0 Å². The molecule has 1 aromatic carbocycles. The molecule has 1 aromatic rings. The lowest BCUT2D eigenvalue weighted by Crippen LogP contribution is -2.24. The summed E-state index contributed by atoms with van der Waals surface area (Å²) in [6.07, 6.45) is 18.7. The minimum atomic E-state index is -1.22. The van der Waals surface area contributed by atoms with E-state index in [-0.39, 0.29) is 24.4 Å². The molecular formula is C28H46O6. The molecule has 1 atom stereocenters. The van der Waals surface area contributed by atoms with Gasteiger partial charge in [0, 0.05) is 6.42 Å². The number of ketones is 1. The summed E-state index contributed by atoms with van der Waals surface area (Å²) in [5.74, 6) is -4.08. The highest BCUT2D eigenvalue weighted by molar-refractivity contribution is 6.04. The third-order valence-corrected chi connectivity index (χ3v) is 6.30. The van der Waals surface area contributed by atoms with E-state index < -0.39 is 29.1 Å². The molecule has 0 saturated heterocycles. The molecular weight excluding hydrogens is 432 g/mol. The standard InChI is InChI=1S/C28H46O6/c1-3-5-6-7-8-9-10-11-12-13-14-15-16-17-18-19-23(29)26(28(33)34-4-2)22-20-24(30)27(32)25(31)21-22/h20-21,26,30-32H,3-19H2,1-2H3. The van der Waals surface area contributed by atoms with E-state index in [0.717, 1.165) is 31.4 Å². The Bertz CT molecular complexity index is 692. The normalized spacial score (nSPS) is 11.9. The highest BCUT2D eigenvalue weighted by Crippen LogP contribution is 2.38. The predicted molar refractivity (Wildman–Crippen MR) is 135 cm³/mol. The first-order chi connectivity index (χ1) is 16.4. The van der Waals surface area contributed by atoms with Crippen LogP contribution in [0.1, 0.15) is 128 Å². The molecule has 6 nitrogen and oxygen atoms in total. The van der Waals surface area contributed by atoms with Crippen molar-refractivity contribution in [2.75, 3.05) is 6.61 Å². The SMILES string of the molecule is CCCCCCCCCCCCCCCCCC(=O)C(C(=O)OCC)c1cc(O)c(O)c(O)c1. The molecule has 0 heterocycles. The predicted octanol–water partition coefficient (Wildman–Crippen LogP) is 7.28. The first kappa shape index (κ1) is 29.8. The number of hydrogen-bond donors (Lipinski definition) is 3. The number of ether oxygens (including phenoxy) is 1. The zero-order valence-electron chi connectivity index (χ0n) is 21.3. The van der Waals surface area contributed by atoms with E-state index in [9.17, 15) is 24.9 Å². The van der Waals surface area contributed by atoms with Crippen LogP contribution >= 0.6 is 0 Å². The van der Waals surface area contributed by atoms with Gasteiger partial charge in [0.1, 0.15) is 5.92 Å². The second-order valence-electron chi connectivity index (χ2n) is 9.26. The Morgan fingerprint density at radius 1 is 0.706 bits per heavy atom. The Kier molecular flexibility index (Phi) is 15.9. The van der Waals surface area contributed by atoms with Crippen LogP contribution in [0, 0.1) is 0 Å². The monoisotopic (exact) mass is 478 g/mol. The average molecular weight is 479 g/mol. The van der Waals surface area contributed by atoms with Crippen LogP contribution in [0.2, 0.25) is 0 Å². The van der Waals surface area contributed by atoms with Crippen LogP contribution < -0.4 is 0 Å². The summed E-state index contributed by atoms with van der Waals surface area (Å²) in [6, 6.07) is 2.25. The second-order valence-corrected chi connectivity index (χ2v) is 9.26. The highest BCUT2D eigenvalue weighted by Gasteiger charge is 2.30. The van der Waals surface area contributed by atoms with E-state index in [1.54, 1.807) is 6.92 Å². The van der Waals surface area contributed by atoms with Crippen LogP contribution in [0.25, 0.3) is 0 Å². The second kappa shape index (κ2) is 18.1. The molecule has 0 aromatic heterocycles. The molecule has 0 aliphatic carbocycles. The zero-order valence-corrected chi connectivity index (χ0v) is 21.3. The Labute approximate surface area is 205 Å². The Morgan fingerprint density at radius 2 is 1.12 bits per heavy atom. The number of hydrogen-bond acceptors (Lipinski definition) is 6. The first-order valence-electron chi connectivity index (χ1n) is 13.4. The average Bonchev–Trinajstić information content (AvgIpc) is 2.80. The van der Waals surface area contributed by atoms with Gasteiger partial charge < -0.3 is 20.1 Å². The number of carbonyl (C=O) groups is 2. The largest absolute Gasteiger partial charge is 0.504 e. The summed E-state index contributed by atoms with van der Waals surface area (Å²) in [5.41, 5.74) is 0.122. The fourth-order valence-corrected chi connectivity index (χ4v) is 4.29. The van der Waals surface area contributed by atoms with Crippen LogP contribution in [0.3, 0.4) is 0 Å². The molecule has 194 valence electrons. The minimum Gasteiger partial charge on any atom is -0.504 e. The van der Waals surface area contributed by atoms with Gasteiger partial charge in [-0.3, -0.25) is 9.59 Å². The van der Waals surface area contributed by atoms with Crippen molar-refractivity contribution in [3.63, 3.8) is 0 Å². The van der Waals surface area contributed by atoms with Gasteiger partial charge in [-0.2, -0.15) is 0 Å². The van der Waals surface area contributed by atoms with E-state index in [4.69, 9.17) is 4.74 Å². The van der Waals surface area contributed by atoms with Gasteiger partial charge in [0.2, 0.25) is 0 Å². The van der Waals surface area contributed by atoms with Gasteiger partial charge in [-0.1, -0.05) is 96.8 Å². The quantitative estimate of drug-likeness (QED) is 0.0787. The van der Waals surface area contributed by atoms with Crippen LogP contribution in [0.15, 0.2) is 12.1 Å². The van der Waals surface area contributed by atoms with Crippen LogP contribution in [-0.4, -0.2) is 33.7 Å². The number of phenols is 3. The number of benzene rings is 1. The van der Waals surface area contributed by atoms with Gasteiger partial charge in [-0.15, -0.1) is 0 Å². The van der Waals surface area contributed by atoms with Gasteiger partial charge in [0.05, 0.1) is 6.61 Å². The number of Topliss-reactive ketones (excluding diaryl/α,β-unsaturated/α-hetero) is 1. The van der Waals surface area contributed by atoms with Crippen molar-refractivity contribution >= 4 is 11.8 Å². The van der Waals surface area contributed by atoms with Crippen LogP contribution in [-0.2, 0) is 14.3 Å². The maximum absolute atomic E-state index is 12.8. The molecule has 0 fully saturated rings. The van der Waals surface area contributed by atoms with Gasteiger partial charge in [-0.05, 0) is 31.0 Å². The van der Waals surface area contributed by atoms with Gasteiger partial charge in [-0.25, -0.2) is 0 Å². The minimum absolute atomic E-state index is 0.122. The summed E-state index contributed by atoms with van der Waals surface area (Å²) in [6.45, 7) is 4.03. The molecule has 0 amide bonds. The van der Waals surface area contributed by atoms with Crippen molar-refractivity contribution in [3.05, 3.63) is 17.7 Å². The zero-order chi connectivity index (χ0) is 25.2. The van der Waals surface area contributed by atoms with Gasteiger partial charge in [0.15, 0.2) is 23.0 Å². The number of esters is 1. The molecule has 0 radical (unpaired) electrons. The first-order valence-corrected chi connectivity index (χ1v) is 13.4. The molecule has 0 aliphatic rings. The van der Waals surface area contributed by atoms with Crippen molar-refractivity contribution in [1.82, 2.24) is 0 Å². The third-order valence-electron chi connectivity index (χ3n) is 6.30. The lowest BCUT2D eigenvalue weighted by atomic mass is 9.91. The Morgan fingerprint density at radius 3 is 1.53 bits per heavy atom. The fraction of sp³-hybridized carbons (Fsp3) is 0.714. The van der Waals surface area contributed by atoms with Crippen LogP contribution in [0.5, 0.6) is 17.2 Å². The van der Waals surface area contributed by atoms with E-state index in [1.165, 1.54) is 70.6 Å². The summed E-state index contributed by atoms with van der Waals surface area (Å²) < 4.78 is 5.03. The highest BCUT2D eigenvalue weighted by atomic mass is 16.5. The number of carbonyl (C=O) groups excluding carboxylic acids is 2. The summed E-state index contributed by atoms with van der Waals surface area (Å²) >= 11 is 0. The molecule has 0 aliphatic heterocycles. The lowest BCUT2D eigenvalue weighted by Gasteiger charge is -2.16. The maximum Gasteiger partial charge on any atom is 0.321 e. The molecule has 0 saturated carbocycles. The number of aromatic hydroxyl groups is 3. The fourth-order valence-electron chi connectivity index (χ4n) is 4.29. The van der Waals surface area contributed by atoms with Crippen molar-refractivity contribution in [2.45, 2.75) is 122 Å². The summed E-state index contributed by atoms with van der Waals surface area (Å²) in [7, 11) is 0. The molecule has 6 heteroatoms. The van der Waals surface area contributed by atoms with E-state index >= 15 is 0 Å². The van der Waals surface area contributed by atoms with Crippen molar-refractivity contribution in [2.24, 2.45) is 0 Å². The summed E-state index contributed by atoms with van der Waals surface area (Å²) in [4.78, 5) is 25.2. The van der Waals surface area contributed by atoms with E-state index in [2.05, 4.69) is 6.92 Å². The molecule has 1 rings (SSSR count). The maximum atomic E-state index is 12.8. The Hall–Kier alpha value is -2.24. The van der Waals surface area contributed by atoms with Crippen LogP contribution in [0.4, 0.5) is 0 Å². The van der Waals surface area contributed by atoms with Crippen molar-refractivity contribution in [3.8, 4) is 17.2 Å².